The summed E-state index contributed by atoms with van der Waals surface area (Å²) in [4.78, 5) is 0. The fourth-order valence-corrected chi connectivity index (χ4v) is 3.88. The van der Waals surface area contributed by atoms with Crippen LogP contribution in [0.15, 0.2) is 24.3 Å². The van der Waals surface area contributed by atoms with E-state index in [2.05, 4.69) is 0 Å². The molecule has 0 spiro atoms. The number of aliphatic hydroxyl groups is 1. The number of rotatable bonds is 4. The van der Waals surface area contributed by atoms with Crippen molar-refractivity contribution in [3.8, 4) is 5.75 Å². The number of aromatic hydroxyl groups is 1. The first-order valence-corrected chi connectivity index (χ1v) is 7.63. The van der Waals surface area contributed by atoms with Crippen molar-refractivity contribution in [1.82, 2.24) is 4.31 Å². The molecule has 106 valence electrons. The van der Waals surface area contributed by atoms with Crippen molar-refractivity contribution in [2.75, 3.05) is 30.5 Å². The molecule has 6 nitrogen and oxygen atoms in total. The Bertz CT molecular complexity index is 532. The van der Waals surface area contributed by atoms with E-state index in [0.29, 0.717) is 31.7 Å². The van der Waals surface area contributed by atoms with E-state index in [-0.39, 0.29) is 12.4 Å². The summed E-state index contributed by atoms with van der Waals surface area (Å²) >= 11 is 0. The van der Waals surface area contributed by atoms with Crippen LogP contribution >= 0.6 is 0 Å². The summed E-state index contributed by atoms with van der Waals surface area (Å²) in [6, 6.07) is 6.22. The Hall–Kier alpha value is -1.31. The second-order valence-electron chi connectivity index (χ2n) is 4.43. The van der Waals surface area contributed by atoms with E-state index in [4.69, 9.17) is 5.11 Å². The lowest BCUT2D eigenvalue weighted by Crippen LogP contribution is -2.50. The minimum Gasteiger partial charge on any atom is -0.508 e. The van der Waals surface area contributed by atoms with Crippen LogP contribution in [0.3, 0.4) is 0 Å². The molecule has 1 aliphatic heterocycles. The summed E-state index contributed by atoms with van der Waals surface area (Å²) in [5.41, 5.74) is 0.466. The predicted octanol–water partition coefficient (Wildman–Crippen LogP) is 0.532. The minimum atomic E-state index is -3.56. The van der Waals surface area contributed by atoms with Crippen molar-refractivity contribution < 1.29 is 18.6 Å². The molecule has 0 radical (unpaired) electrons. The van der Waals surface area contributed by atoms with Crippen molar-refractivity contribution >= 4 is 15.9 Å². The van der Waals surface area contributed by atoms with E-state index >= 15 is 0 Å². The van der Waals surface area contributed by atoms with E-state index in [1.54, 1.807) is 12.1 Å². The van der Waals surface area contributed by atoms with Crippen molar-refractivity contribution in [1.29, 1.82) is 0 Å². The van der Waals surface area contributed by atoms with Gasteiger partial charge in [-0.3, -0.25) is 4.31 Å². The van der Waals surface area contributed by atoms with Crippen LogP contribution in [0.1, 0.15) is 12.8 Å². The number of nitrogens with zero attached hydrogens (tertiary/aromatic N) is 2. The van der Waals surface area contributed by atoms with Crippen molar-refractivity contribution in [3.05, 3.63) is 24.3 Å². The number of phenols is 1. The van der Waals surface area contributed by atoms with Crippen LogP contribution in [0, 0.1) is 0 Å². The van der Waals surface area contributed by atoms with Gasteiger partial charge in [0.05, 0.1) is 5.69 Å². The highest BCUT2D eigenvalue weighted by Crippen LogP contribution is 2.27. The summed E-state index contributed by atoms with van der Waals surface area (Å²) in [6.45, 7) is 1.16. The van der Waals surface area contributed by atoms with Gasteiger partial charge in [0.1, 0.15) is 5.75 Å². The van der Waals surface area contributed by atoms with Crippen LogP contribution in [0.5, 0.6) is 5.75 Å². The molecule has 2 rings (SSSR count). The SMILES string of the molecule is O=S1(=O)N(CCCO)CCCN1c1cccc(O)c1. The van der Waals surface area contributed by atoms with Gasteiger partial charge in [0.15, 0.2) is 0 Å². The summed E-state index contributed by atoms with van der Waals surface area (Å²) in [5.74, 6) is 0.0418. The summed E-state index contributed by atoms with van der Waals surface area (Å²) in [7, 11) is -3.56. The Morgan fingerprint density at radius 1 is 1.26 bits per heavy atom. The lowest BCUT2D eigenvalue weighted by Gasteiger charge is -2.35. The molecule has 0 aliphatic carbocycles. The molecule has 1 saturated heterocycles. The maximum absolute atomic E-state index is 12.4. The Labute approximate surface area is 113 Å². The molecule has 2 N–H and O–H groups in total. The van der Waals surface area contributed by atoms with Gasteiger partial charge in [-0.25, -0.2) is 0 Å². The number of hydrogen-bond donors (Lipinski definition) is 2. The van der Waals surface area contributed by atoms with Crippen LogP contribution in [0.4, 0.5) is 5.69 Å². The third-order valence-corrected chi connectivity index (χ3v) is 5.02. The molecule has 0 atom stereocenters. The zero-order valence-electron chi connectivity index (χ0n) is 10.6. The molecule has 1 aromatic carbocycles. The smallest absolute Gasteiger partial charge is 0.304 e. The number of benzene rings is 1. The molecule has 1 fully saturated rings. The van der Waals surface area contributed by atoms with Gasteiger partial charge in [-0.1, -0.05) is 6.07 Å². The Morgan fingerprint density at radius 2 is 2.05 bits per heavy atom. The maximum atomic E-state index is 12.4. The lowest BCUT2D eigenvalue weighted by atomic mass is 10.3. The topological polar surface area (TPSA) is 81.1 Å². The molecular weight excluding hydrogens is 268 g/mol. The Kier molecular flexibility index (Phi) is 4.28. The number of phenolic OH excluding ortho intramolecular Hbond substituents is 1. The summed E-state index contributed by atoms with van der Waals surface area (Å²) in [6.07, 6.45) is 1.15. The van der Waals surface area contributed by atoms with Crippen LogP contribution in [0.2, 0.25) is 0 Å². The zero-order chi connectivity index (χ0) is 13.9. The highest BCUT2D eigenvalue weighted by Gasteiger charge is 2.33. The first-order valence-electron chi connectivity index (χ1n) is 6.23. The highest BCUT2D eigenvalue weighted by molar-refractivity contribution is 7.90. The van der Waals surface area contributed by atoms with Crippen LogP contribution in [-0.4, -0.2) is 49.2 Å². The van der Waals surface area contributed by atoms with Gasteiger partial charge < -0.3 is 10.2 Å². The Morgan fingerprint density at radius 3 is 2.74 bits per heavy atom. The van der Waals surface area contributed by atoms with E-state index in [1.807, 2.05) is 0 Å². The molecule has 1 aromatic rings. The van der Waals surface area contributed by atoms with Gasteiger partial charge in [-0.2, -0.15) is 12.7 Å². The first kappa shape index (κ1) is 14.1. The molecule has 1 heterocycles. The van der Waals surface area contributed by atoms with Crippen LogP contribution in [0.25, 0.3) is 0 Å². The second kappa shape index (κ2) is 5.77. The summed E-state index contributed by atoms with van der Waals surface area (Å²) < 4.78 is 27.5. The van der Waals surface area contributed by atoms with Crippen molar-refractivity contribution in [2.24, 2.45) is 0 Å². The molecule has 1 aliphatic rings. The molecular formula is C12H18N2O4S. The van der Waals surface area contributed by atoms with Gasteiger partial charge in [0.25, 0.3) is 0 Å². The second-order valence-corrected chi connectivity index (χ2v) is 6.28. The van der Waals surface area contributed by atoms with E-state index in [0.717, 1.165) is 6.42 Å². The van der Waals surface area contributed by atoms with Gasteiger partial charge in [0.2, 0.25) is 0 Å². The number of anilines is 1. The normalized spacial score (nSPS) is 19.5. The van der Waals surface area contributed by atoms with Crippen LogP contribution in [-0.2, 0) is 10.2 Å². The average molecular weight is 286 g/mol. The quantitative estimate of drug-likeness (QED) is 0.846. The van der Waals surface area contributed by atoms with Crippen molar-refractivity contribution in [2.45, 2.75) is 12.8 Å². The number of hydrogen-bond acceptors (Lipinski definition) is 4. The molecule has 0 aromatic heterocycles. The number of aliphatic hydroxyl groups excluding tert-OH is 1. The summed E-state index contributed by atoms with van der Waals surface area (Å²) in [5, 5.41) is 18.3. The first-order chi connectivity index (χ1) is 9.05. The van der Waals surface area contributed by atoms with Crippen LogP contribution < -0.4 is 4.31 Å². The lowest BCUT2D eigenvalue weighted by molar-refractivity contribution is 0.266. The van der Waals surface area contributed by atoms with Crippen molar-refractivity contribution in [3.63, 3.8) is 0 Å². The zero-order valence-corrected chi connectivity index (χ0v) is 11.4. The Balaban J connectivity index is 2.25. The highest BCUT2D eigenvalue weighted by atomic mass is 32.2. The standard InChI is InChI=1S/C12H18N2O4S/c15-9-3-7-13-6-2-8-14(19(13,17)18)11-4-1-5-12(16)10-11/h1,4-5,10,15-16H,2-3,6-9H2. The van der Waals surface area contributed by atoms with Gasteiger partial charge >= 0.3 is 10.2 Å². The largest absolute Gasteiger partial charge is 0.508 e. The average Bonchev–Trinajstić information content (AvgIpc) is 2.37. The van der Waals surface area contributed by atoms with Gasteiger partial charge in [-0.05, 0) is 25.0 Å². The molecule has 19 heavy (non-hydrogen) atoms. The van der Waals surface area contributed by atoms with Gasteiger partial charge in [0, 0.05) is 32.3 Å². The fraction of sp³-hybridized carbons (Fsp3) is 0.500. The fourth-order valence-electron chi connectivity index (χ4n) is 2.15. The van der Waals surface area contributed by atoms with E-state index < -0.39 is 10.2 Å². The minimum absolute atomic E-state index is 0.0296. The third-order valence-electron chi connectivity index (χ3n) is 3.06. The van der Waals surface area contributed by atoms with E-state index in [9.17, 15) is 13.5 Å². The molecule has 0 amide bonds. The monoisotopic (exact) mass is 286 g/mol. The third kappa shape index (κ3) is 2.99. The molecule has 0 saturated carbocycles. The predicted molar refractivity (Wildman–Crippen MR) is 72.3 cm³/mol. The molecule has 0 bridgehead atoms. The van der Waals surface area contributed by atoms with Gasteiger partial charge in [-0.15, -0.1) is 0 Å². The molecule has 0 unspecified atom stereocenters. The molecule has 7 heteroatoms. The maximum Gasteiger partial charge on any atom is 0.304 e. The van der Waals surface area contributed by atoms with E-state index in [1.165, 1.54) is 20.7 Å².